The molecule has 96 valence electrons. The van der Waals surface area contributed by atoms with Crippen LogP contribution in [0.5, 0.6) is 0 Å². The van der Waals surface area contributed by atoms with Crippen molar-refractivity contribution in [1.29, 1.82) is 0 Å². The lowest BCUT2D eigenvalue weighted by atomic mass is 10.1. The van der Waals surface area contributed by atoms with Crippen molar-refractivity contribution in [2.75, 3.05) is 13.6 Å². The van der Waals surface area contributed by atoms with Gasteiger partial charge in [0.05, 0.1) is 5.69 Å². The van der Waals surface area contributed by atoms with Gasteiger partial charge in [-0.1, -0.05) is 35.5 Å². The molecular formula is C15H20N2O. The van der Waals surface area contributed by atoms with Crippen LogP contribution >= 0.6 is 0 Å². The van der Waals surface area contributed by atoms with Gasteiger partial charge in [0.2, 0.25) is 0 Å². The first-order valence-electron chi connectivity index (χ1n) is 6.31. The summed E-state index contributed by atoms with van der Waals surface area (Å²) in [6.45, 7) is 5.90. The molecule has 0 saturated heterocycles. The molecule has 2 rings (SSSR count). The van der Waals surface area contributed by atoms with Crippen molar-refractivity contribution in [2.45, 2.75) is 26.8 Å². The summed E-state index contributed by atoms with van der Waals surface area (Å²) in [5.74, 6) is 0.930. The Morgan fingerprint density at radius 1 is 1.17 bits per heavy atom. The standard InChI is InChI=1S/C15H20N2O/c1-12-15(13(2)18-16-12)11-17(3)10-9-14-7-5-4-6-8-14/h4-8H,9-11H2,1-3H3. The molecule has 1 heterocycles. The van der Waals surface area contributed by atoms with Crippen molar-refractivity contribution in [3.8, 4) is 0 Å². The lowest BCUT2D eigenvalue weighted by Crippen LogP contribution is -2.21. The highest BCUT2D eigenvalue weighted by atomic mass is 16.5. The van der Waals surface area contributed by atoms with Gasteiger partial charge in [-0.25, -0.2) is 0 Å². The van der Waals surface area contributed by atoms with Crippen LogP contribution in [0.3, 0.4) is 0 Å². The van der Waals surface area contributed by atoms with Crippen LogP contribution < -0.4 is 0 Å². The van der Waals surface area contributed by atoms with Gasteiger partial charge < -0.3 is 9.42 Å². The SMILES string of the molecule is Cc1noc(C)c1CN(C)CCc1ccccc1. The molecule has 0 spiro atoms. The number of aromatic nitrogens is 1. The molecule has 0 radical (unpaired) electrons. The smallest absolute Gasteiger partial charge is 0.138 e. The van der Waals surface area contributed by atoms with E-state index in [0.717, 1.165) is 31.0 Å². The summed E-state index contributed by atoms with van der Waals surface area (Å²) in [6.07, 6.45) is 1.07. The Kier molecular flexibility index (Phi) is 4.15. The predicted octanol–water partition coefficient (Wildman–Crippen LogP) is 2.97. The minimum atomic E-state index is 0.897. The Labute approximate surface area is 108 Å². The number of nitrogens with zero attached hydrogens (tertiary/aromatic N) is 2. The third-order valence-corrected chi connectivity index (χ3v) is 3.23. The van der Waals surface area contributed by atoms with E-state index in [1.54, 1.807) is 0 Å². The number of hydrogen-bond acceptors (Lipinski definition) is 3. The molecule has 0 atom stereocenters. The summed E-state index contributed by atoms with van der Waals surface area (Å²) in [4.78, 5) is 2.31. The molecule has 0 aliphatic heterocycles. The molecule has 1 aromatic carbocycles. The van der Waals surface area contributed by atoms with E-state index in [1.165, 1.54) is 11.1 Å². The second-order valence-electron chi connectivity index (χ2n) is 4.78. The molecular weight excluding hydrogens is 224 g/mol. The Balaban J connectivity index is 1.88. The third-order valence-electron chi connectivity index (χ3n) is 3.23. The van der Waals surface area contributed by atoms with Crippen LogP contribution in [-0.4, -0.2) is 23.6 Å². The topological polar surface area (TPSA) is 29.3 Å². The number of rotatable bonds is 5. The van der Waals surface area contributed by atoms with E-state index in [1.807, 2.05) is 13.8 Å². The normalized spacial score (nSPS) is 11.1. The van der Waals surface area contributed by atoms with Crippen molar-refractivity contribution >= 4 is 0 Å². The quantitative estimate of drug-likeness (QED) is 0.809. The molecule has 0 amide bonds. The first-order chi connectivity index (χ1) is 8.66. The van der Waals surface area contributed by atoms with E-state index in [0.29, 0.717) is 0 Å². The van der Waals surface area contributed by atoms with Crippen LogP contribution in [0.25, 0.3) is 0 Å². The number of likely N-dealkylation sites (N-methyl/N-ethyl adjacent to an activating group) is 1. The molecule has 0 unspecified atom stereocenters. The second kappa shape index (κ2) is 5.83. The zero-order valence-corrected chi connectivity index (χ0v) is 11.3. The Morgan fingerprint density at radius 2 is 1.89 bits per heavy atom. The Morgan fingerprint density at radius 3 is 2.50 bits per heavy atom. The Bertz CT molecular complexity index is 471. The highest BCUT2D eigenvalue weighted by Gasteiger charge is 2.11. The third kappa shape index (κ3) is 3.20. The molecule has 0 N–H and O–H groups in total. The minimum absolute atomic E-state index is 0.897. The average Bonchev–Trinajstić information content (AvgIpc) is 2.69. The monoisotopic (exact) mass is 244 g/mol. The van der Waals surface area contributed by atoms with Gasteiger partial charge in [0.1, 0.15) is 5.76 Å². The van der Waals surface area contributed by atoms with Crippen molar-refractivity contribution < 1.29 is 4.52 Å². The maximum Gasteiger partial charge on any atom is 0.138 e. The lowest BCUT2D eigenvalue weighted by molar-refractivity contribution is 0.326. The molecule has 0 saturated carbocycles. The molecule has 18 heavy (non-hydrogen) atoms. The van der Waals surface area contributed by atoms with Crippen molar-refractivity contribution in [3.63, 3.8) is 0 Å². The maximum absolute atomic E-state index is 5.18. The van der Waals surface area contributed by atoms with E-state index in [4.69, 9.17) is 4.52 Å². The molecule has 0 aliphatic carbocycles. The number of benzene rings is 1. The molecule has 0 fully saturated rings. The summed E-state index contributed by atoms with van der Waals surface area (Å²) in [5.41, 5.74) is 3.59. The molecule has 0 bridgehead atoms. The zero-order valence-electron chi connectivity index (χ0n) is 11.3. The van der Waals surface area contributed by atoms with Gasteiger partial charge >= 0.3 is 0 Å². The first kappa shape index (κ1) is 12.8. The van der Waals surface area contributed by atoms with Crippen LogP contribution in [0.4, 0.5) is 0 Å². The van der Waals surface area contributed by atoms with E-state index < -0.39 is 0 Å². The minimum Gasteiger partial charge on any atom is -0.361 e. The molecule has 3 nitrogen and oxygen atoms in total. The van der Waals surface area contributed by atoms with Gasteiger partial charge in [-0.2, -0.15) is 0 Å². The van der Waals surface area contributed by atoms with Crippen molar-refractivity contribution in [3.05, 3.63) is 52.9 Å². The fourth-order valence-electron chi connectivity index (χ4n) is 2.04. The van der Waals surface area contributed by atoms with E-state index >= 15 is 0 Å². The second-order valence-corrected chi connectivity index (χ2v) is 4.78. The summed E-state index contributed by atoms with van der Waals surface area (Å²) < 4.78 is 5.18. The van der Waals surface area contributed by atoms with Gasteiger partial charge in [0.25, 0.3) is 0 Å². The van der Waals surface area contributed by atoms with E-state index in [9.17, 15) is 0 Å². The van der Waals surface area contributed by atoms with Crippen molar-refractivity contribution in [1.82, 2.24) is 10.1 Å². The van der Waals surface area contributed by atoms with E-state index in [-0.39, 0.29) is 0 Å². The van der Waals surface area contributed by atoms with Gasteiger partial charge in [-0.15, -0.1) is 0 Å². The van der Waals surface area contributed by atoms with Gasteiger partial charge in [0.15, 0.2) is 0 Å². The van der Waals surface area contributed by atoms with Gasteiger partial charge in [-0.05, 0) is 32.9 Å². The summed E-state index contributed by atoms with van der Waals surface area (Å²) in [7, 11) is 2.13. The summed E-state index contributed by atoms with van der Waals surface area (Å²) in [6, 6.07) is 10.6. The Hall–Kier alpha value is -1.61. The predicted molar refractivity (Wildman–Crippen MR) is 72.5 cm³/mol. The van der Waals surface area contributed by atoms with Gasteiger partial charge in [0, 0.05) is 18.7 Å². The number of hydrogen-bond donors (Lipinski definition) is 0. The van der Waals surface area contributed by atoms with Crippen LogP contribution in [0.1, 0.15) is 22.6 Å². The van der Waals surface area contributed by atoms with Crippen LogP contribution in [0.2, 0.25) is 0 Å². The lowest BCUT2D eigenvalue weighted by Gasteiger charge is -2.16. The molecule has 0 aliphatic rings. The first-order valence-corrected chi connectivity index (χ1v) is 6.31. The van der Waals surface area contributed by atoms with Crippen molar-refractivity contribution in [2.24, 2.45) is 0 Å². The summed E-state index contributed by atoms with van der Waals surface area (Å²) in [5, 5.41) is 3.99. The van der Waals surface area contributed by atoms with E-state index in [2.05, 4.69) is 47.4 Å². The largest absolute Gasteiger partial charge is 0.361 e. The highest BCUT2D eigenvalue weighted by molar-refractivity contribution is 5.20. The zero-order chi connectivity index (χ0) is 13.0. The van der Waals surface area contributed by atoms with Crippen LogP contribution in [-0.2, 0) is 13.0 Å². The van der Waals surface area contributed by atoms with Gasteiger partial charge in [-0.3, -0.25) is 0 Å². The molecule has 3 heteroatoms. The molecule has 2 aromatic rings. The fourth-order valence-corrected chi connectivity index (χ4v) is 2.04. The summed E-state index contributed by atoms with van der Waals surface area (Å²) >= 11 is 0. The maximum atomic E-state index is 5.18. The van der Waals surface area contributed by atoms with Crippen LogP contribution in [0.15, 0.2) is 34.9 Å². The number of aryl methyl sites for hydroxylation is 2. The van der Waals surface area contributed by atoms with Crippen LogP contribution in [0, 0.1) is 13.8 Å². The molecule has 1 aromatic heterocycles. The fraction of sp³-hybridized carbons (Fsp3) is 0.400. The highest BCUT2D eigenvalue weighted by Crippen LogP contribution is 2.14. The average molecular weight is 244 g/mol.